The van der Waals surface area contributed by atoms with E-state index >= 15 is 0 Å². The maximum absolute atomic E-state index is 12.7. The van der Waals surface area contributed by atoms with Crippen LogP contribution in [0.4, 0.5) is 0 Å². The number of piperidine rings is 2. The van der Waals surface area contributed by atoms with Gasteiger partial charge < -0.3 is 10.2 Å². The monoisotopic (exact) mass is 414 g/mol. The van der Waals surface area contributed by atoms with Crippen LogP contribution in [-0.2, 0) is 4.79 Å². The SMILES string of the molecule is O=C1CCC2CN(C(=O)c3cc(Br)ccc3Br)CCC2N1. The molecule has 1 N–H and O–H groups in total. The Hall–Kier alpha value is -0.880. The number of hydrogen-bond acceptors (Lipinski definition) is 2. The first-order valence-corrected chi connectivity index (χ1v) is 8.67. The maximum Gasteiger partial charge on any atom is 0.255 e. The van der Waals surface area contributed by atoms with Crippen LogP contribution in [0.1, 0.15) is 29.6 Å². The van der Waals surface area contributed by atoms with Crippen LogP contribution in [0.5, 0.6) is 0 Å². The summed E-state index contributed by atoms with van der Waals surface area (Å²) < 4.78 is 1.71. The van der Waals surface area contributed by atoms with Crippen molar-refractivity contribution in [1.29, 1.82) is 0 Å². The first kappa shape index (κ1) is 15.0. The highest BCUT2D eigenvalue weighted by Gasteiger charge is 2.35. The summed E-state index contributed by atoms with van der Waals surface area (Å²) in [5.74, 6) is 0.579. The number of likely N-dealkylation sites (tertiary alicyclic amines) is 1. The highest BCUT2D eigenvalue weighted by Crippen LogP contribution is 2.28. The maximum atomic E-state index is 12.7. The van der Waals surface area contributed by atoms with Crippen molar-refractivity contribution in [3.8, 4) is 0 Å². The van der Waals surface area contributed by atoms with E-state index in [1.54, 1.807) is 0 Å². The molecule has 2 aliphatic rings. The van der Waals surface area contributed by atoms with Gasteiger partial charge in [-0.15, -0.1) is 0 Å². The van der Waals surface area contributed by atoms with E-state index in [-0.39, 0.29) is 17.9 Å². The summed E-state index contributed by atoms with van der Waals surface area (Å²) in [4.78, 5) is 26.0. The molecule has 4 nitrogen and oxygen atoms in total. The Kier molecular flexibility index (Phi) is 4.36. The third kappa shape index (κ3) is 3.16. The van der Waals surface area contributed by atoms with Crippen molar-refractivity contribution in [1.82, 2.24) is 10.2 Å². The lowest BCUT2D eigenvalue weighted by molar-refractivity contribution is -0.125. The molecule has 0 bridgehead atoms. The van der Waals surface area contributed by atoms with E-state index in [0.29, 0.717) is 24.4 Å². The molecule has 0 spiro atoms. The summed E-state index contributed by atoms with van der Waals surface area (Å²) >= 11 is 6.86. The van der Waals surface area contributed by atoms with Crippen molar-refractivity contribution in [2.24, 2.45) is 5.92 Å². The third-order valence-electron chi connectivity index (χ3n) is 4.27. The number of hydrogen-bond donors (Lipinski definition) is 1. The number of amides is 2. The number of nitrogens with zero attached hydrogens (tertiary/aromatic N) is 1. The second-order valence-corrected chi connectivity index (χ2v) is 7.41. The van der Waals surface area contributed by atoms with Crippen LogP contribution in [0.15, 0.2) is 27.1 Å². The van der Waals surface area contributed by atoms with Crippen molar-refractivity contribution < 1.29 is 9.59 Å². The number of fused-ring (bicyclic) bond motifs is 1. The molecule has 2 heterocycles. The normalized spacial score (nSPS) is 25.2. The molecule has 3 rings (SSSR count). The zero-order chi connectivity index (χ0) is 15.0. The predicted molar refractivity (Wildman–Crippen MR) is 87.0 cm³/mol. The van der Waals surface area contributed by atoms with Crippen molar-refractivity contribution in [3.63, 3.8) is 0 Å². The Morgan fingerprint density at radius 1 is 1.29 bits per heavy atom. The van der Waals surface area contributed by atoms with E-state index in [1.807, 2.05) is 23.1 Å². The molecule has 1 aromatic carbocycles. The smallest absolute Gasteiger partial charge is 0.255 e. The highest BCUT2D eigenvalue weighted by atomic mass is 79.9. The second kappa shape index (κ2) is 6.08. The van der Waals surface area contributed by atoms with Gasteiger partial charge in [0.15, 0.2) is 0 Å². The molecule has 112 valence electrons. The standard InChI is InChI=1S/C15H16Br2N2O2/c16-10-2-3-12(17)11(7-10)15(21)19-6-5-13-9(8-19)1-4-14(20)18-13/h2-3,7,9,13H,1,4-6,8H2,(H,18,20). The van der Waals surface area contributed by atoms with Crippen molar-refractivity contribution in [2.75, 3.05) is 13.1 Å². The topological polar surface area (TPSA) is 49.4 Å². The molecule has 2 saturated heterocycles. The van der Waals surface area contributed by atoms with Gasteiger partial charge in [0, 0.05) is 34.5 Å². The van der Waals surface area contributed by atoms with Gasteiger partial charge in [0.05, 0.1) is 5.56 Å². The van der Waals surface area contributed by atoms with Crippen LogP contribution in [0.3, 0.4) is 0 Å². The number of rotatable bonds is 1. The molecule has 2 unspecified atom stereocenters. The minimum absolute atomic E-state index is 0.0542. The van der Waals surface area contributed by atoms with Crippen LogP contribution in [-0.4, -0.2) is 35.8 Å². The van der Waals surface area contributed by atoms with E-state index in [4.69, 9.17) is 0 Å². The van der Waals surface area contributed by atoms with Gasteiger partial charge in [0.2, 0.25) is 5.91 Å². The van der Waals surface area contributed by atoms with Crippen LogP contribution in [0.25, 0.3) is 0 Å². The lowest BCUT2D eigenvalue weighted by atomic mass is 9.85. The molecule has 0 saturated carbocycles. The number of carbonyl (C=O) groups excluding carboxylic acids is 2. The van der Waals surface area contributed by atoms with E-state index < -0.39 is 0 Å². The quantitative estimate of drug-likeness (QED) is 0.766. The molecular formula is C15H16Br2N2O2. The Labute approximate surface area is 140 Å². The molecule has 2 aliphatic heterocycles. The van der Waals surface area contributed by atoms with E-state index in [1.165, 1.54) is 0 Å². The van der Waals surface area contributed by atoms with Gasteiger partial charge in [0.1, 0.15) is 0 Å². The zero-order valence-electron chi connectivity index (χ0n) is 11.4. The van der Waals surface area contributed by atoms with Gasteiger partial charge in [0.25, 0.3) is 5.91 Å². The molecule has 0 aromatic heterocycles. The van der Waals surface area contributed by atoms with Gasteiger partial charge in [-0.25, -0.2) is 0 Å². The first-order valence-electron chi connectivity index (χ1n) is 7.08. The Morgan fingerprint density at radius 3 is 2.90 bits per heavy atom. The second-order valence-electron chi connectivity index (χ2n) is 5.64. The fourth-order valence-corrected chi connectivity index (χ4v) is 3.90. The van der Waals surface area contributed by atoms with Crippen LogP contribution < -0.4 is 5.32 Å². The molecule has 0 aliphatic carbocycles. The molecule has 1 aromatic rings. The summed E-state index contributed by atoms with van der Waals surface area (Å²) in [6.45, 7) is 1.42. The van der Waals surface area contributed by atoms with E-state index in [0.717, 1.165) is 28.3 Å². The summed E-state index contributed by atoms with van der Waals surface area (Å²) in [6.07, 6.45) is 2.29. The van der Waals surface area contributed by atoms with Gasteiger partial charge in [-0.2, -0.15) is 0 Å². The largest absolute Gasteiger partial charge is 0.353 e. The molecule has 2 fully saturated rings. The highest BCUT2D eigenvalue weighted by molar-refractivity contribution is 9.11. The number of carbonyl (C=O) groups is 2. The predicted octanol–water partition coefficient (Wildman–Crippen LogP) is 2.95. The molecular weight excluding hydrogens is 400 g/mol. The van der Waals surface area contributed by atoms with Gasteiger partial charge >= 0.3 is 0 Å². The average molecular weight is 416 g/mol. The minimum atomic E-state index is 0.0542. The van der Waals surface area contributed by atoms with Crippen LogP contribution in [0, 0.1) is 5.92 Å². The average Bonchev–Trinajstić information content (AvgIpc) is 2.48. The lowest BCUT2D eigenvalue weighted by Crippen LogP contribution is -2.55. The molecule has 2 atom stereocenters. The first-order chi connectivity index (χ1) is 10.0. The summed E-state index contributed by atoms with van der Waals surface area (Å²) in [6, 6.07) is 5.87. The fraction of sp³-hybridized carbons (Fsp3) is 0.467. The number of halogens is 2. The van der Waals surface area contributed by atoms with Crippen LogP contribution in [0.2, 0.25) is 0 Å². The van der Waals surface area contributed by atoms with E-state index in [9.17, 15) is 9.59 Å². The fourth-order valence-electron chi connectivity index (χ4n) is 3.13. The van der Waals surface area contributed by atoms with Gasteiger partial charge in [-0.05, 0) is 52.9 Å². The molecule has 21 heavy (non-hydrogen) atoms. The van der Waals surface area contributed by atoms with Crippen molar-refractivity contribution >= 4 is 43.7 Å². The summed E-state index contributed by atoms with van der Waals surface area (Å²) in [5.41, 5.74) is 0.683. The minimum Gasteiger partial charge on any atom is -0.353 e. The Balaban J connectivity index is 1.74. The Bertz CT molecular complexity index is 591. The summed E-state index contributed by atoms with van der Waals surface area (Å²) in [7, 11) is 0. The molecule has 6 heteroatoms. The molecule has 0 radical (unpaired) electrons. The van der Waals surface area contributed by atoms with Gasteiger partial charge in [-0.3, -0.25) is 9.59 Å². The molecule has 2 amide bonds. The zero-order valence-corrected chi connectivity index (χ0v) is 14.6. The third-order valence-corrected chi connectivity index (χ3v) is 5.45. The van der Waals surface area contributed by atoms with E-state index in [2.05, 4.69) is 37.2 Å². The number of nitrogens with one attached hydrogen (secondary N) is 1. The van der Waals surface area contributed by atoms with Crippen molar-refractivity contribution in [3.05, 3.63) is 32.7 Å². The lowest BCUT2D eigenvalue weighted by Gasteiger charge is -2.41. The Morgan fingerprint density at radius 2 is 2.10 bits per heavy atom. The van der Waals surface area contributed by atoms with Crippen molar-refractivity contribution in [2.45, 2.75) is 25.3 Å². The van der Waals surface area contributed by atoms with Gasteiger partial charge in [-0.1, -0.05) is 15.9 Å². The number of benzene rings is 1. The summed E-state index contributed by atoms with van der Waals surface area (Å²) in [5, 5.41) is 3.04. The van der Waals surface area contributed by atoms with Crippen LogP contribution >= 0.6 is 31.9 Å².